The molecule has 132 valence electrons. The van der Waals surface area contributed by atoms with Crippen LogP contribution in [0.3, 0.4) is 0 Å². The molecule has 26 heavy (non-hydrogen) atoms. The smallest absolute Gasteiger partial charge is 0.269 e. The topological polar surface area (TPSA) is 101 Å². The Bertz CT molecular complexity index is 890. The molecule has 0 bridgehead atoms. The van der Waals surface area contributed by atoms with Gasteiger partial charge in [0, 0.05) is 19.0 Å². The van der Waals surface area contributed by atoms with Gasteiger partial charge in [-0.15, -0.1) is 10.2 Å². The summed E-state index contributed by atoms with van der Waals surface area (Å²) in [4.78, 5) is 21.4. The predicted molar refractivity (Wildman–Crippen MR) is 98.8 cm³/mol. The number of nitrogens with one attached hydrogen (secondary N) is 1. The van der Waals surface area contributed by atoms with Crippen molar-refractivity contribution < 1.29 is 4.79 Å². The summed E-state index contributed by atoms with van der Waals surface area (Å²) in [7, 11) is 0. The molecule has 7 nitrogen and oxygen atoms in total. The largest absolute Gasteiger partial charge is 0.364 e. The molecule has 2 aromatic heterocycles. The van der Waals surface area contributed by atoms with Crippen molar-refractivity contribution in [3.63, 3.8) is 0 Å². The van der Waals surface area contributed by atoms with Crippen molar-refractivity contribution in [1.29, 1.82) is 0 Å². The van der Waals surface area contributed by atoms with Crippen molar-refractivity contribution in [2.75, 3.05) is 18.0 Å². The van der Waals surface area contributed by atoms with Crippen LogP contribution in [0.1, 0.15) is 35.1 Å². The van der Waals surface area contributed by atoms with E-state index in [1.807, 2.05) is 24.4 Å². The number of H-pyrrole nitrogens is 1. The van der Waals surface area contributed by atoms with Crippen LogP contribution in [0.25, 0.3) is 11.3 Å². The summed E-state index contributed by atoms with van der Waals surface area (Å²) < 4.78 is 0. The molecule has 0 unspecified atom stereocenters. The second-order valence-electron chi connectivity index (χ2n) is 6.47. The Kier molecular flexibility index (Phi) is 4.35. The fourth-order valence-corrected chi connectivity index (χ4v) is 3.34. The van der Waals surface area contributed by atoms with Gasteiger partial charge in [0.1, 0.15) is 5.82 Å². The zero-order valence-electron chi connectivity index (χ0n) is 14.3. The van der Waals surface area contributed by atoms with Gasteiger partial charge in [0.2, 0.25) is 0 Å². The van der Waals surface area contributed by atoms with Gasteiger partial charge in [0.05, 0.1) is 11.9 Å². The minimum Gasteiger partial charge on any atom is -0.364 e. The standard InChI is InChI=1S/C19H20N6O/c20-18(26)15-8-9-17(24-23-15)25-10-4-7-14(12-25)19-21-11-16(22-19)13-5-2-1-3-6-13/h1-3,5-6,8-9,11,14H,4,7,10,12H2,(H2,20,26)(H,21,22)/t14-/m1/s1. The third-order valence-corrected chi connectivity index (χ3v) is 4.72. The van der Waals surface area contributed by atoms with Crippen LogP contribution in [0.5, 0.6) is 0 Å². The molecule has 0 saturated carbocycles. The van der Waals surface area contributed by atoms with E-state index >= 15 is 0 Å². The van der Waals surface area contributed by atoms with Crippen LogP contribution in [0.4, 0.5) is 5.82 Å². The molecule has 1 amide bonds. The van der Waals surface area contributed by atoms with Crippen LogP contribution in [-0.2, 0) is 0 Å². The third kappa shape index (κ3) is 3.28. The Hall–Kier alpha value is -3.22. The Labute approximate surface area is 151 Å². The van der Waals surface area contributed by atoms with Crippen LogP contribution in [0, 0.1) is 0 Å². The summed E-state index contributed by atoms with van der Waals surface area (Å²) in [5.74, 6) is 1.49. The van der Waals surface area contributed by atoms with Gasteiger partial charge in [0.25, 0.3) is 5.91 Å². The van der Waals surface area contributed by atoms with E-state index in [0.717, 1.165) is 48.8 Å². The molecule has 7 heteroatoms. The van der Waals surface area contributed by atoms with Gasteiger partial charge in [-0.1, -0.05) is 30.3 Å². The second-order valence-corrected chi connectivity index (χ2v) is 6.47. The zero-order valence-corrected chi connectivity index (χ0v) is 14.3. The van der Waals surface area contributed by atoms with E-state index in [1.54, 1.807) is 12.1 Å². The van der Waals surface area contributed by atoms with Gasteiger partial charge in [-0.25, -0.2) is 4.98 Å². The number of carbonyl (C=O) groups is 1. The normalized spacial score (nSPS) is 17.2. The minimum atomic E-state index is -0.565. The van der Waals surface area contributed by atoms with Crippen molar-refractivity contribution in [3.8, 4) is 11.3 Å². The average molecular weight is 348 g/mol. The number of imidazole rings is 1. The number of aromatic nitrogens is 4. The number of primary amides is 1. The van der Waals surface area contributed by atoms with Crippen LogP contribution in [0.15, 0.2) is 48.7 Å². The fraction of sp³-hybridized carbons (Fsp3) is 0.263. The van der Waals surface area contributed by atoms with Crippen LogP contribution < -0.4 is 10.6 Å². The number of aromatic amines is 1. The van der Waals surface area contributed by atoms with Crippen LogP contribution in [0.2, 0.25) is 0 Å². The first-order chi connectivity index (χ1) is 12.7. The van der Waals surface area contributed by atoms with Gasteiger partial charge < -0.3 is 15.6 Å². The van der Waals surface area contributed by atoms with E-state index in [0.29, 0.717) is 5.92 Å². The second kappa shape index (κ2) is 6.95. The minimum absolute atomic E-state index is 0.181. The molecule has 0 aliphatic carbocycles. The summed E-state index contributed by atoms with van der Waals surface area (Å²) in [5.41, 5.74) is 7.57. The number of piperidine rings is 1. The number of nitrogens with zero attached hydrogens (tertiary/aromatic N) is 4. The first kappa shape index (κ1) is 16.3. The van der Waals surface area contributed by atoms with Crippen molar-refractivity contribution in [3.05, 3.63) is 60.2 Å². The number of rotatable bonds is 4. The highest BCUT2D eigenvalue weighted by atomic mass is 16.1. The maximum atomic E-state index is 11.1. The number of nitrogens with two attached hydrogens (primary N) is 1. The van der Waals surface area contributed by atoms with Gasteiger partial charge in [-0.05, 0) is 30.5 Å². The fourth-order valence-electron chi connectivity index (χ4n) is 3.34. The molecular weight excluding hydrogens is 328 g/mol. The summed E-state index contributed by atoms with van der Waals surface area (Å²) in [6, 6.07) is 13.6. The maximum Gasteiger partial charge on any atom is 0.269 e. The number of benzene rings is 1. The highest BCUT2D eigenvalue weighted by Crippen LogP contribution is 2.29. The Morgan fingerprint density at radius 3 is 2.73 bits per heavy atom. The Balaban J connectivity index is 1.50. The lowest BCUT2D eigenvalue weighted by Gasteiger charge is -2.32. The summed E-state index contributed by atoms with van der Waals surface area (Å²) in [5, 5.41) is 8.05. The number of amides is 1. The maximum absolute atomic E-state index is 11.1. The lowest BCUT2D eigenvalue weighted by Crippen LogP contribution is -2.35. The molecule has 1 aromatic carbocycles. The van der Waals surface area contributed by atoms with E-state index in [2.05, 4.69) is 37.2 Å². The molecule has 1 atom stereocenters. The summed E-state index contributed by atoms with van der Waals surface area (Å²) in [6.07, 6.45) is 4.02. The summed E-state index contributed by atoms with van der Waals surface area (Å²) >= 11 is 0. The Morgan fingerprint density at radius 2 is 2.00 bits per heavy atom. The number of hydrogen-bond donors (Lipinski definition) is 2. The lowest BCUT2D eigenvalue weighted by atomic mass is 9.97. The molecule has 4 rings (SSSR count). The quantitative estimate of drug-likeness (QED) is 0.754. The number of carbonyl (C=O) groups excluding carboxylic acids is 1. The zero-order chi connectivity index (χ0) is 17.9. The van der Waals surface area contributed by atoms with Crippen molar-refractivity contribution in [2.45, 2.75) is 18.8 Å². The van der Waals surface area contributed by atoms with Crippen LogP contribution >= 0.6 is 0 Å². The molecule has 3 heterocycles. The van der Waals surface area contributed by atoms with E-state index in [1.165, 1.54) is 0 Å². The molecule has 1 aliphatic heterocycles. The SMILES string of the molecule is NC(=O)c1ccc(N2CCC[C@@H](c3ncc(-c4ccccc4)[nH]3)C2)nn1. The van der Waals surface area contributed by atoms with Gasteiger partial charge in [-0.2, -0.15) is 0 Å². The van der Waals surface area contributed by atoms with Gasteiger partial charge >= 0.3 is 0 Å². The van der Waals surface area contributed by atoms with Crippen molar-refractivity contribution in [1.82, 2.24) is 20.2 Å². The molecule has 3 aromatic rings. The summed E-state index contributed by atoms with van der Waals surface area (Å²) in [6.45, 7) is 1.72. The monoisotopic (exact) mass is 348 g/mol. The lowest BCUT2D eigenvalue weighted by molar-refractivity contribution is 0.0994. The number of anilines is 1. The van der Waals surface area contributed by atoms with Crippen LogP contribution in [-0.4, -0.2) is 39.2 Å². The van der Waals surface area contributed by atoms with Gasteiger partial charge in [-0.3, -0.25) is 4.79 Å². The first-order valence-electron chi connectivity index (χ1n) is 8.69. The number of hydrogen-bond acceptors (Lipinski definition) is 5. The predicted octanol–water partition coefficient (Wildman–Crippen LogP) is 2.35. The van der Waals surface area contributed by atoms with E-state index < -0.39 is 5.91 Å². The van der Waals surface area contributed by atoms with Gasteiger partial charge in [0.15, 0.2) is 11.5 Å². The van der Waals surface area contributed by atoms with Crippen molar-refractivity contribution in [2.24, 2.45) is 5.73 Å². The first-order valence-corrected chi connectivity index (χ1v) is 8.69. The molecule has 0 radical (unpaired) electrons. The average Bonchev–Trinajstić information content (AvgIpc) is 3.19. The highest BCUT2D eigenvalue weighted by Gasteiger charge is 2.25. The van der Waals surface area contributed by atoms with E-state index in [9.17, 15) is 4.79 Å². The Morgan fingerprint density at radius 1 is 1.15 bits per heavy atom. The van der Waals surface area contributed by atoms with E-state index in [-0.39, 0.29) is 5.69 Å². The molecule has 3 N–H and O–H groups in total. The highest BCUT2D eigenvalue weighted by molar-refractivity contribution is 5.90. The van der Waals surface area contributed by atoms with E-state index in [4.69, 9.17) is 5.73 Å². The van der Waals surface area contributed by atoms with Crippen molar-refractivity contribution >= 4 is 11.7 Å². The molecule has 0 spiro atoms. The molecular formula is C19H20N6O. The molecule has 1 aliphatic rings. The third-order valence-electron chi connectivity index (χ3n) is 4.72. The molecule has 1 fully saturated rings. The molecule has 1 saturated heterocycles.